The Kier molecular flexibility index (Phi) is 3.93. The van der Waals surface area contributed by atoms with Gasteiger partial charge in [-0.25, -0.2) is 5.10 Å². The van der Waals surface area contributed by atoms with Crippen LogP contribution in [0.25, 0.3) is 0 Å². The Hall–Kier alpha value is -1.47. The van der Waals surface area contributed by atoms with Crippen LogP contribution in [0.15, 0.2) is 44.1 Å². The minimum Gasteiger partial charge on any atom is -0.305 e. The molecule has 0 aliphatic heterocycles. The van der Waals surface area contributed by atoms with Gasteiger partial charge in [-0.1, -0.05) is 15.9 Å². The second-order valence-corrected chi connectivity index (χ2v) is 5.15. The Morgan fingerprint density at radius 3 is 2.67 bits per heavy atom. The van der Waals surface area contributed by atoms with Crippen molar-refractivity contribution in [3.63, 3.8) is 0 Å². The number of rotatable bonds is 2. The molecule has 0 unspecified atom stereocenters. The first-order valence-electron chi connectivity index (χ1n) is 4.88. The van der Waals surface area contributed by atoms with Crippen molar-refractivity contribution in [2.45, 2.75) is 0 Å². The van der Waals surface area contributed by atoms with Crippen LogP contribution in [0.4, 0.5) is 5.82 Å². The van der Waals surface area contributed by atoms with Gasteiger partial charge in [0.25, 0.3) is 11.5 Å². The number of nitrogens with zero attached hydrogens (tertiary/aromatic N) is 1. The molecule has 2 N–H and O–H groups in total. The van der Waals surface area contributed by atoms with E-state index in [0.717, 1.165) is 4.47 Å². The van der Waals surface area contributed by atoms with Crippen LogP contribution in [0.1, 0.15) is 10.4 Å². The maximum atomic E-state index is 12.0. The lowest BCUT2D eigenvalue weighted by atomic mass is 10.2. The fourth-order valence-corrected chi connectivity index (χ4v) is 2.06. The molecular formula is C11H7Br2N3O2. The number of nitrogens with one attached hydrogen (secondary N) is 2. The maximum absolute atomic E-state index is 12.0. The van der Waals surface area contributed by atoms with Crippen LogP contribution in [-0.2, 0) is 0 Å². The quantitative estimate of drug-likeness (QED) is 0.850. The van der Waals surface area contributed by atoms with Crippen LogP contribution in [0.5, 0.6) is 0 Å². The zero-order valence-electron chi connectivity index (χ0n) is 8.91. The van der Waals surface area contributed by atoms with Gasteiger partial charge in [0, 0.05) is 15.0 Å². The second-order valence-electron chi connectivity index (χ2n) is 3.38. The van der Waals surface area contributed by atoms with E-state index in [1.807, 2.05) is 6.07 Å². The lowest BCUT2D eigenvalue weighted by Gasteiger charge is -2.06. The number of carbonyl (C=O) groups is 1. The molecule has 92 valence electrons. The maximum Gasteiger partial charge on any atom is 0.264 e. The summed E-state index contributed by atoms with van der Waals surface area (Å²) in [5.41, 5.74) is 0.147. The molecule has 0 radical (unpaired) electrons. The van der Waals surface area contributed by atoms with Gasteiger partial charge < -0.3 is 5.32 Å². The molecule has 5 nitrogen and oxygen atoms in total. The first kappa shape index (κ1) is 13.0. The van der Waals surface area contributed by atoms with Gasteiger partial charge in [0.15, 0.2) is 5.82 Å². The van der Waals surface area contributed by atoms with Gasteiger partial charge in [0.1, 0.15) is 0 Å². The van der Waals surface area contributed by atoms with Gasteiger partial charge in [-0.2, -0.15) is 5.10 Å². The third-order valence-corrected chi connectivity index (χ3v) is 3.28. The number of aromatic amines is 1. The molecule has 0 aliphatic carbocycles. The summed E-state index contributed by atoms with van der Waals surface area (Å²) in [6, 6.07) is 7.99. The Labute approximate surface area is 119 Å². The molecule has 1 aromatic carbocycles. The van der Waals surface area contributed by atoms with Gasteiger partial charge >= 0.3 is 0 Å². The molecular weight excluding hydrogens is 366 g/mol. The van der Waals surface area contributed by atoms with Crippen molar-refractivity contribution >= 4 is 43.6 Å². The van der Waals surface area contributed by atoms with Crippen LogP contribution in [0.2, 0.25) is 0 Å². The van der Waals surface area contributed by atoms with Crippen molar-refractivity contribution < 1.29 is 4.79 Å². The number of benzene rings is 1. The molecule has 0 saturated heterocycles. The third kappa shape index (κ3) is 3.05. The summed E-state index contributed by atoms with van der Waals surface area (Å²) in [4.78, 5) is 22.8. The Bertz CT molecular complexity index is 634. The summed E-state index contributed by atoms with van der Waals surface area (Å²) in [7, 11) is 0. The minimum absolute atomic E-state index is 0.284. The summed E-state index contributed by atoms with van der Waals surface area (Å²) in [6.45, 7) is 0. The van der Waals surface area contributed by atoms with E-state index in [1.165, 1.54) is 12.1 Å². The first-order valence-corrected chi connectivity index (χ1v) is 6.47. The summed E-state index contributed by atoms with van der Waals surface area (Å²) in [6.07, 6.45) is 0. The lowest BCUT2D eigenvalue weighted by Crippen LogP contribution is -2.16. The molecule has 1 aromatic heterocycles. The van der Waals surface area contributed by atoms with E-state index in [-0.39, 0.29) is 17.3 Å². The minimum atomic E-state index is -0.323. The second kappa shape index (κ2) is 5.45. The largest absolute Gasteiger partial charge is 0.305 e. The van der Waals surface area contributed by atoms with Crippen LogP contribution >= 0.6 is 31.9 Å². The molecule has 2 rings (SSSR count). The molecule has 0 spiro atoms. The van der Waals surface area contributed by atoms with Crippen LogP contribution in [0.3, 0.4) is 0 Å². The van der Waals surface area contributed by atoms with Gasteiger partial charge in [-0.3, -0.25) is 9.59 Å². The van der Waals surface area contributed by atoms with E-state index in [2.05, 4.69) is 47.4 Å². The van der Waals surface area contributed by atoms with Gasteiger partial charge in [0.2, 0.25) is 0 Å². The average Bonchev–Trinajstić information content (AvgIpc) is 2.35. The van der Waals surface area contributed by atoms with Crippen LogP contribution < -0.4 is 10.9 Å². The lowest BCUT2D eigenvalue weighted by molar-refractivity contribution is 0.102. The highest BCUT2D eigenvalue weighted by molar-refractivity contribution is 9.11. The number of carbonyl (C=O) groups excluding carboxylic acids is 1. The normalized spacial score (nSPS) is 10.1. The highest BCUT2D eigenvalue weighted by atomic mass is 79.9. The van der Waals surface area contributed by atoms with Gasteiger partial charge in [0.05, 0.1) is 5.56 Å². The standard InChI is InChI=1S/C11H7Br2N3O2/c12-6-1-2-8(13)7(5-6)11(18)14-9-3-4-10(17)16-15-9/h1-5H,(H,16,17)(H,14,15,18). The number of anilines is 1. The van der Waals surface area contributed by atoms with Crippen LogP contribution in [-0.4, -0.2) is 16.1 Å². The molecule has 7 heteroatoms. The predicted octanol–water partition coefficient (Wildman–Crippen LogP) is 2.55. The molecule has 0 bridgehead atoms. The Morgan fingerprint density at radius 2 is 2.00 bits per heavy atom. The predicted molar refractivity (Wildman–Crippen MR) is 74.7 cm³/mol. The van der Waals surface area contributed by atoms with E-state index < -0.39 is 0 Å². The van der Waals surface area contributed by atoms with Crippen LogP contribution in [0, 0.1) is 0 Å². The molecule has 0 atom stereocenters. The SMILES string of the molecule is O=C(Nc1ccc(=O)[nH]n1)c1cc(Br)ccc1Br. The number of aromatic nitrogens is 2. The fourth-order valence-electron chi connectivity index (χ4n) is 1.27. The topological polar surface area (TPSA) is 74.8 Å². The number of halogens is 2. The van der Waals surface area contributed by atoms with Crippen molar-refractivity contribution in [1.29, 1.82) is 0 Å². The molecule has 0 fully saturated rings. The molecule has 2 aromatic rings. The van der Waals surface area contributed by atoms with E-state index in [9.17, 15) is 9.59 Å². The highest BCUT2D eigenvalue weighted by Crippen LogP contribution is 2.22. The number of hydrogen-bond acceptors (Lipinski definition) is 3. The molecule has 0 aliphatic rings. The zero-order valence-corrected chi connectivity index (χ0v) is 12.1. The van der Waals surface area contributed by atoms with Gasteiger partial charge in [-0.15, -0.1) is 0 Å². The molecule has 1 amide bonds. The van der Waals surface area contributed by atoms with Crippen molar-refractivity contribution in [3.05, 3.63) is 55.2 Å². The summed E-state index contributed by atoms with van der Waals surface area (Å²) in [5, 5.41) is 8.52. The Balaban J connectivity index is 2.24. The average molecular weight is 373 g/mol. The van der Waals surface area contributed by atoms with E-state index in [0.29, 0.717) is 10.0 Å². The van der Waals surface area contributed by atoms with Crippen molar-refractivity contribution in [2.24, 2.45) is 0 Å². The zero-order chi connectivity index (χ0) is 13.1. The van der Waals surface area contributed by atoms with Crippen molar-refractivity contribution in [2.75, 3.05) is 5.32 Å². The third-order valence-electron chi connectivity index (χ3n) is 2.09. The van der Waals surface area contributed by atoms with E-state index in [4.69, 9.17) is 0 Å². The number of hydrogen-bond donors (Lipinski definition) is 2. The highest BCUT2D eigenvalue weighted by Gasteiger charge is 2.11. The number of H-pyrrole nitrogens is 1. The van der Waals surface area contributed by atoms with Gasteiger partial charge in [-0.05, 0) is 40.2 Å². The smallest absolute Gasteiger partial charge is 0.264 e. The fraction of sp³-hybridized carbons (Fsp3) is 0. The Morgan fingerprint density at radius 1 is 1.22 bits per heavy atom. The number of amides is 1. The summed E-state index contributed by atoms with van der Waals surface area (Å²) < 4.78 is 1.47. The molecule has 1 heterocycles. The monoisotopic (exact) mass is 371 g/mol. The first-order chi connectivity index (χ1) is 8.56. The van der Waals surface area contributed by atoms with Crippen molar-refractivity contribution in [1.82, 2.24) is 10.2 Å². The molecule has 18 heavy (non-hydrogen) atoms. The summed E-state index contributed by atoms with van der Waals surface area (Å²) >= 11 is 6.59. The van der Waals surface area contributed by atoms with Crippen molar-refractivity contribution in [3.8, 4) is 0 Å². The summed E-state index contributed by atoms with van der Waals surface area (Å²) in [5.74, 6) is -0.0331. The van der Waals surface area contributed by atoms with E-state index >= 15 is 0 Å². The van der Waals surface area contributed by atoms with E-state index in [1.54, 1.807) is 12.1 Å². The molecule has 0 saturated carbocycles.